The molecule has 0 amide bonds. The smallest absolute Gasteiger partial charge is 0.870 e. The molecule has 0 heterocycles. The predicted octanol–water partition coefficient (Wildman–Crippen LogP) is -8.39. The van der Waals surface area contributed by atoms with Crippen LogP contribution in [-0.2, 0) is 8.92 Å². The van der Waals surface area contributed by atoms with Crippen molar-refractivity contribution in [3.8, 4) is 0 Å². The molecule has 0 rings (SSSR count). The van der Waals surface area contributed by atoms with Crippen LogP contribution in [0.2, 0.25) is 0 Å². The van der Waals surface area contributed by atoms with Gasteiger partial charge in [-0.25, -0.2) is 0 Å². The van der Waals surface area contributed by atoms with Crippen LogP contribution >= 0.6 is 0 Å². The monoisotopic (exact) mass is 339 g/mol. The topological polar surface area (TPSA) is 186 Å². The zero-order valence-electron chi connectivity index (χ0n) is 8.20. The van der Waals surface area contributed by atoms with E-state index in [-0.39, 0.29) is 149 Å². The summed E-state index contributed by atoms with van der Waals surface area (Å²) in [5.41, 5.74) is 0. The molecule has 0 aromatic heterocycles. The molecule has 0 aliphatic rings. The van der Waals surface area contributed by atoms with Gasteiger partial charge in [-0.05, 0) is 0 Å². The third-order valence-electron chi connectivity index (χ3n) is 0. The van der Waals surface area contributed by atoms with Gasteiger partial charge in [-0.2, -0.15) is 0 Å². The summed E-state index contributed by atoms with van der Waals surface area (Å²) in [6.45, 7) is 0. The van der Waals surface area contributed by atoms with Crippen LogP contribution in [0.3, 0.4) is 0 Å². The summed E-state index contributed by atoms with van der Waals surface area (Å²) < 4.78 is 17.0. The summed E-state index contributed by atoms with van der Waals surface area (Å²) >= 11 is 0. The van der Waals surface area contributed by atoms with Crippen molar-refractivity contribution in [1.29, 1.82) is 0 Å². The van der Waals surface area contributed by atoms with E-state index < -0.39 is 18.3 Å². The van der Waals surface area contributed by atoms with Crippen LogP contribution in [0.15, 0.2) is 0 Å². The minimum Gasteiger partial charge on any atom is -0.870 e. The molecule has 16 heteroatoms. The van der Waals surface area contributed by atoms with Gasteiger partial charge in [0.1, 0.15) is 0 Å². The molecular formula is H2B3Ca3O8Si2. The van der Waals surface area contributed by atoms with E-state index in [1.807, 2.05) is 0 Å². The Morgan fingerprint density at radius 3 is 0.562 bits per heavy atom. The number of rotatable bonds is 0. The Hall–Kier alpha value is 3.13. The Bertz CT molecular complexity index is 86.5. The zero-order chi connectivity index (χ0) is 7.15. The summed E-state index contributed by atoms with van der Waals surface area (Å²) in [6, 6.07) is 0. The Morgan fingerprint density at radius 2 is 0.562 bits per heavy atom. The van der Waals surface area contributed by atoms with Crippen molar-refractivity contribution in [3.05, 3.63) is 0 Å². The van der Waals surface area contributed by atoms with Crippen molar-refractivity contribution in [1.82, 2.24) is 0 Å². The van der Waals surface area contributed by atoms with E-state index >= 15 is 0 Å². The molecular weight excluding hydrogens is 337 g/mol. The molecule has 0 bridgehead atoms. The first-order valence-corrected chi connectivity index (χ1v) is 3.67. The van der Waals surface area contributed by atoms with Gasteiger partial charge in [-0.3, -0.25) is 0 Å². The van der Waals surface area contributed by atoms with E-state index in [0.717, 1.165) is 0 Å². The molecule has 8 nitrogen and oxygen atoms in total. The first kappa shape index (κ1) is 75.4. The van der Waals surface area contributed by atoms with Crippen LogP contribution in [0.4, 0.5) is 0 Å². The molecule has 0 aliphatic heterocycles. The van der Waals surface area contributed by atoms with Crippen LogP contribution in [0.1, 0.15) is 0 Å². The Morgan fingerprint density at radius 1 is 0.562 bits per heavy atom. The van der Waals surface area contributed by atoms with Crippen LogP contribution in [0.25, 0.3) is 0 Å². The maximum atomic E-state index is 8.52. The van der Waals surface area contributed by atoms with Gasteiger partial charge in [0.15, 0.2) is 0 Å². The van der Waals surface area contributed by atoms with Gasteiger partial charge in [0.05, 0.1) is 0 Å². The minimum atomic E-state index is -3.63. The maximum Gasteiger partial charge on any atom is 2.00 e. The summed E-state index contributed by atoms with van der Waals surface area (Å²) in [5, 5.41) is 0. The van der Waals surface area contributed by atoms with E-state index in [4.69, 9.17) is 28.1 Å². The standard InChI is InChI=1S/3B.3Ca.2O3Si.2H2O/c;;;;;;2*1-4(2)3;;/h;;;;;;;;2*1H2/q;;;3*+2;2*-2;;/p-2. The number of hydrogen-bond acceptors (Lipinski definition) is 8. The summed E-state index contributed by atoms with van der Waals surface area (Å²) in [7, 11) is -7.26. The van der Waals surface area contributed by atoms with E-state index in [1.54, 1.807) is 0 Å². The zero-order valence-corrected chi connectivity index (χ0v) is 16.8. The van der Waals surface area contributed by atoms with Crippen LogP contribution in [0.5, 0.6) is 0 Å². The van der Waals surface area contributed by atoms with Crippen LogP contribution in [0, 0.1) is 0 Å². The van der Waals surface area contributed by atoms with Crippen molar-refractivity contribution < 1.29 is 39.1 Å². The molecule has 0 atom stereocenters. The fourth-order valence-electron chi connectivity index (χ4n) is 0. The molecule has 0 aromatic rings. The van der Waals surface area contributed by atoms with Crippen molar-refractivity contribution in [2.75, 3.05) is 0 Å². The molecule has 0 saturated heterocycles. The number of hydrogen-bond donors (Lipinski definition) is 0. The summed E-state index contributed by atoms with van der Waals surface area (Å²) in [5.74, 6) is 0. The van der Waals surface area contributed by atoms with Crippen LogP contribution in [-0.4, -0.2) is 168 Å². The molecule has 0 aliphatic carbocycles. The molecule has 0 fully saturated rings. The molecule has 0 saturated carbocycles. The average molecular weight is 339 g/mol. The largest absolute Gasteiger partial charge is 2.00 e. The quantitative estimate of drug-likeness (QED) is 0.389. The van der Waals surface area contributed by atoms with Crippen molar-refractivity contribution in [2.24, 2.45) is 0 Å². The second-order valence-corrected chi connectivity index (χ2v) is 1.50. The normalized spacial score (nSPS) is 3.00. The SMILES string of the molecule is O=[Si]([O-])[O-].O=[Si]([O-])[O-].[B].[B].[B].[Ca+2].[Ca+2].[Ca+2].[OH-].[OH-]. The van der Waals surface area contributed by atoms with E-state index in [1.165, 1.54) is 0 Å². The van der Waals surface area contributed by atoms with Crippen molar-refractivity contribution in [2.45, 2.75) is 0 Å². The molecule has 16 heavy (non-hydrogen) atoms. The van der Waals surface area contributed by atoms with Gasteiger partial charge in [-0.1, -0.05) is 0 Å². The Labute approximate surface area is 192 Å². The van der Waals surface area contributed by atoms with Crippen LogP contribution < -0.4 is 19.2 Å². The molecule has 73 valence electrons. The van der Waals surface area contributed by atoms with Gasteiger partial charge >= 0.3 is 113 Å². The minimum absolute atomic E-state index is 0. The molecule has 0 spiro atoms. The fraction of sp³-hybridized carbons (Fsp3) is 0. The molecule has 2 N–H and O–H groups in total. The van der Waals surface area contributed by atoms with Crippen molar-refractivity contribution >= 4 is 157 Å². The average Bonchev–Trinajstić information content (AvgIpc) is 1.25. The summed E-state index contributed by atoms with van der Waals surface area (Å²) in [4.78, 5) is 34.1. The first-order chi connectivity index (χ1) is 3.46. The van der Waals surface area contributed by atoms with Gasteiger partial charge in [0.2, 0.25) is 0 Å². The van der Waals surface area contributed by atoms with Gasteiger partial charge in [0, 0.05) is 43.6 Å². The fourth-order valence-corrected chi connectivity index (χ4v) is 0. The van der Waals surface area contributed by atoms with Gasteiger partial charge in [0.25, 0.3) is 0 Å². The second kappa shape index (κ2) is 63.8. The Kier molecular flexibility index (Phi) is 301. The molecule has 9 radical (unpaired) electrons. The third-order valence-corrected chi connectivity index (χ3v) is 0. The molecule has 0 aromatic carbocycles. The maximum absolute atomic E-state index is 8.52. The first-order valence-electron chi connectivity index (χ1n) is 1.22. The predicted molar refractivity (Wildman–Crippen MR) is 51.3 cm³/mol. The van der Waals surface area contributed by atoms with Gasteiger partial charge in [-0.15, -0.1) is 0 Å². The van der Waals surface area contributed by atoms with E-state index in [9.17, 15) is 0 Å². The van der Waals surface area contributed by atoms with Gasteiger partial charge < -0.3 is 39.1 Å². The van der Waals surface area contributed by atoms with E-state index in [2.05, 4.69) is 0 Å². The second-order valence-electron chi connectivity index (χ2n) is 0.500. The van der Waals surface area contributed by atoms with Crippen molar-refractivity contribution in [3.63, 3.8) is 0 Å². The third kappa shape index (κ3) is 455. The summed E-state index contributed by atoms with van der Waals surface area (Å²) in [6.07, 6.45) is 0. The van der Waals surface area contributed by atoms with E-state index in [0.29, 0.717) is 0 Å². The molecule has 0 unspecified atom stereocenters. The Balaban J connectivity index is -0.00000000375.